The Kier molecular flexibility index (Phi) is 4.32. The number of hydrogen-bond donors (Lipinski definition) is 0. The molecule has 4 aromatic heterocycles. The maximum atomic E-state index is 9.60. The van der Waals surface area contributed by atoms with Crippen molar-refractivity contribution in [3.8, 4) is 6.07 Å². The van der Waals surface area contributed by atoms with Gasteiger partial charge in [-0.3, -0.25) is 9.80 Å². The van der Waals surface area contributed by atoms with E-state index in [1.165, 1.54) is 0 Å². The predicted octanol–water partition coefficient (Wildman–Crippen LogP) is 2.78. The number of piperazine rings is 1. The summed E-state index contributed by atoms with van der Waals surface area (Å²) in [5.41, 5.74) is 5.02. The Morgan fingerprint density at radius 1 is 0.857 bits per heavy atom. The summed E-state index contributed by atoms with van der Waals surface area (Å²) in [4.78, 5) is 9.61. The molecule has 1 fully saturated rings. The molecule has 1 aliphatic rings. The number of rotatable bonds is 4. The van der Waals surface area contributed by atoms with E-state index >= 15 is 0 Å². The van der Waals surface area contributed by atoms with Crippen molar-refractivity contribution in [3.63, 3.8) is 0 Å². The Labute approximate surface area is 163 Å². The molecule has 1 aliphatic heterocycles. The van der Waals surface area contributed by atoms with Gasteiger partial charge in [-0.05, 0) is 24.3 Å². The third kappa shape index (κ3) is 3.15. The lowest BCUT2D eigenvalue weighted by Gasteiger charge is -2.34. The van der Waals surface area contributed by atoms with E-state index in [0.29, 0.717) is 0 Å². The first kappa shape index (κ1) is 17.0. The quantitative estimate of drug-likeness (QED) is 0.554. The highest BCUT2D eigenvalue weighted by atomic mass is 15.3. The van der Waals surface area contributed by atoms with Crippen molar-refractivity contribution in [1.82, 2.24) is 23.6 Å². The van der Waals surface area contributed by atoms with Crippen LogP contribution in [0, 0.1) is 11.3 Å². The molecule has 140 valence electrons. The van der Waals surface area contributed by atoms with Crippen LogP contribution in [0.1, 0.15) is 16.8 Å². The topological polar surface area (TPSA) is 52.0 Å². The number of imidazole rings is 1. The summed E-state index contributed by atoms with van der Waals surface area (Å²) < 4.78 is 4.13. The Morgan fingerprint density at radius 2 is 1.57 bits per heavy atom. The number of aromatic nitrogens is 3. The highest BCUT2D eigenvalue weighted by Gasteiger charge is 2.20. The summed E-state index contributed by atoms with van der Waals surface area (Å²) in [5, 5.41) is 9.60. The van der Waals surface area contributed by atoms with E-state index in [0.717, 1.165) is 67.3 Å². The fourth-order valence-corrected chi connectivity index (χ4v) is 4.07. The van der Waals surface area contributed by atoms with Crippen LogP contribution in [0.25, 0.3) is 11.2 Å². The van der Waals surface area contributed by atoms with Crippen LogP contribution in [0.2, 0.25) is 0 Å². The number of nitrogens with zero attached hydrogens (tertiary/aromatic N) is 6. The zero-order valence-corrected chi connectivity index (χ0v) is 15.7. The first-order chi connectivity index (χ1) is 13.8. The van der Waals surface area contributed by atoms with Gasteiger partial charge in [0.2, 0.25) is 0 Å². The maximum Gasteiger partial charge on any atom is 0.137 e. The van der Waals surface area contributed by atoms with Crippen molar-refractivity contribution < 1.29 is 0 Å². The molecule has 0 amide bonds. The molecule has 5 heterocycles. The van der Waals surface area contributed by atoms with E-state index in [2.05, 4.69) is 32.7 Å². The Bertz CT molecular complexity index is 1120. The van der Waals surface area contributed by atoms with Crippen molar-refractivity contribution in [3.05, 3.63) is 78.0 Å². The summed E-state index contributed by atoms with van der Waals surface area (Å²) in [5.74, 6) is 0. The molecule has 6 nitrogen and oxygen atoms in total. The minimum Gasteiger partial charge on any atom is -0.322 e. The highest BCUT2D eigenvalue weighted by Crippen LogP contribution is 2.20. The van der Waals surface area contributed by atoms with Crippen molar-refractivity contribution in [2.45, 2.75) is 13.1 Å². The molecule has 0 N–H and O–H groups in total. The zero-order chi connectivity index (χ0) is 18.9. The van der Waals surface area contributed by atoms with Crippen molar-refractivity contribution in [2.24, 2.45) is 0 Å². The van der Waals surface area contributed by atoms with E-state index in [-0.39, 0.29) is 0 Å². The van der Waals surface area contributed by atoms with Gasteiger partial charge >= 0.3 is 0 Å². The lowest BCUT2D eigenvalue weighted by atomic mass is 10.1. The molecule has 0 spiro atoms. The third-order valence-electron chi connectivity index (χ3n) is 5.53. The van der Waals surface area contributed by atoms with Crippen molar-refractivity contribution in [1.29, 1.82) is 5.26 Å². The van der Waals surface area contributed by atoms with Gasteiger partial charge in [0.25, 0.3) is 0 Å². The number of pyridine rings is 2. The Balaban J connectivity index is 1.23. The van der Waals surface area contributed by atoms with E-state index in [9.17, 15) is 5.26 Å². The molecule has 6 heteroatoms. The molecule has 28 heavy (non-hydrogen) atoms. The normalized spacial score (nSPS) is 16.0. The number of fused-ring (bicyclic) bond motifs is 2. The van der Waals surface area contributed by atoms with Crippen LogP contribution in [0.5, 0.6) is 0 Å². The summed E-state index contributed by atoms with van der Waals surface area (Å²) in [6.45, 7) is 5.75. The van der Waals surface area contributed by atoms with Gasteiger partial charge < -0.3 is 8.80 Å². The smallest absolute Gasteiger partial charge is 0.137 e. The van der Waals surface area contributed by atoms with E-state index in [1.807, 2.05) is 53.2 Å². The van der Waals surface area contributed by atoms with E-state index < -0.39 is 0 Å². The van der Waals surface area contributed by atoms with E-state index in [1.54, 1.807) is 0 Å². The van der Waals surface area contributed by atoms with Crippen LogP contribution < -0.4 is 0 Å². The van der Waals surface area contributed by atoms with Crippen LogP contribution in [0.4, 0.5) is 0 Å². The minimum absolute atomic E-state index is 0.799. The molecule has 0 atom stereocenters. The largest absolute Gasteiger partial charge is 0.322 e. The van der Waals surface area contributed by atoms with Crippen LogP contribution in [0.3, 0.4) is 0 Å². The van der Waals surface area contributed by atoms with Gasteiger partial charge in [0.05, 0.1) is 16.8 Å². The first-order valence-electron chi connectivity index (χ1n) is 9.66. The van der Waals surface area contributed by atoms with E-state index in [4.69, 9.17) is 4.98 Å². The lowest BCUT2D eigenvalue weighted by molar-refractivity contribution is 0.121. The Hall–Kier alpha value is -3.14. The molecule has 0 bridgehead atoms. The molecule has 4 aromatic rings. The van der Waals surface area contributed by atoms with Gasteiger partial charge in [-0.2, -0.15) is 5.26 Å². The van der Waals surface area contributed by atoms with Crippen LogP contribution in [-0.4, -0.2) is 49.8 Å². The molecule has 0 saturated carbocycles. The summed E-state index contributed by atoms with van der Waals surface area (Å²) in [6.07, 6.45) is 8.26. The molecule has 0 radical (unpaired) electrons. The monoisotopic (exact) mass is 370 g/mol. The van der Waals surface area contributed by atoms with Gasteiger partial charge in [0.15, 0.2) is 0 Å². The van der Waals surface area contributed by atoms with Crippen molar-refractivity contribution in [2.75, 3.05) is 26.2 Å². The molecule has 0 aliphatic carbocycles. The third-order valence-corrected chi connectivity index (χ3v) is 5.53. The maximum absolute atomic E-state index is 9.60. The van der Waals surface area contributed by atoms with Crippen LogP contribution in [-0.2, 0) is 13.1 Å². The van der Waals surface area contributed by atoms with Gasteiger partial charge in [-0.15, -0.1) is 0 Å². The number of nitriles is 1. The van der Waals surface area contributed by atoms with Crippen LogP contribution in [0.15, 0.2) is 61.2 Å². The molecule has 0 unspecified atom stereocenters. The summed E-state index contributed by atoms with van der Waals surface area (Å²) >= 11 is 0. The molecular weight excluding hydrogens is 348 g/mol. The highest BCUT2D eigenvalue weighted by molar-refractivity contribution is 5.65. The second-order valence-corrected chi connectivity index (χ2v) is 7.38. The zero-order valence-electron chi connectivity index (χ0n) is 15.7. The molecule has 1 saturated heterocycles. The van der Waals surface area contributed by atoms with Gasteiger partial charge in [-0.1, -0.05) is 12.1 Å². The number of hydrogen-bond acceptors (Lipinski definition) is 4. The first-order valence-corrected chi connectivity index (χ1v) is 9.66. The molecular formula is C22H22N6. The SMILES string of the molecule is N#Cc1c(CN2CCN(Cc3cn4ccccc4n3)CC2)cn2ccccc12. The fourth-order valence-electron chi connectivity index (χ4n) is 4.07. The second kappa shape index (κ2) is 7.12. The molecule has 0 aromatic carbocycles. The fraction of sp³-hybridized carbons (Fsp3) is 0.273. The Morgan fingerprint density at radius 3 is 2.32 bits per heavy atom. The predicted molar refractivity (Wildman–Crippen MR) is 108 cm³/mol. The van der Waals surface area contributed by atoms with Gasteiger partial charge in [0, 0.05) is 69.6 Å². The van der Waals surface area contributed by atoms with Crippen LogP contribution >= 0.6 is 0 Å². The summed E-state index contributed by atoms with van der Waals surface area (Å²) in [7, 11) is 0. The average Bonchev–Trinajstić information content (AvgIpc) is 3.29. The van der Waals surface area contributed by atoms with Gasteiger partial charge in [-0.25, -0.2) is 4.98 Å². The van der Waals surface area contributed by atoms with Crippen molar-refractivity contribution >= 4 is 11.2 Å². The average molecular weight is 370 g/mol. The van der Waals surface area contributed by atoms with Gasteiger partial charge in [0.1, 0.15) is 11.7 Å². The summed E-state index contributed by atoms with van der Waals surface area (Å²) in [6, 6.07) is 14.5. The lowest BCUT2D eigenvalue weighted by Crippen LogP contribution is -2.45. The minimum atomic E-state index is 0.799. The molecule has 5 rings (SSSR count). The second-order valence-electron chi connectivity index (χ2n) is 7.38. The standard InChI is InChI=1S/C22H22N6/c23-13-20-18(15-27-7-3-1-5-21(20)27)14-25-9-11-26(12-10-25)16-19-17-28-8-4-2-6-22(28)24-19/h1-8,15,17H,9-12,14,16H2.